The highest BCUT2D eigenvalue weighted by molar-refractivity contribution is 6.34. The number of aromatic nitrogens is 1. The van der Waals surface area contributed by atoms with Gasteiger partial charge in [0.05, 0.1) is 23.2 Å². The lowest BCUT2D eigenvalue weighted by Crippen LogP contribution is -2.36. The van der Waals surface area contributed by atoms with Gasteiger partial charge in [0.2, 0.25) is 0 Å². The van der Waals surface area contributed by atoms with Crippen LogP contribution in [-0.4, -0.2) is 41.4 Å². The summed E-state index contributed by atoms with van der Waals surface area (Å²) >= 11 is 6.06. The van der Waals surface area contributed by atoms with E-state index in [0.29, 0.717) is 24.8 Å². The first-order valence-corrected chi connectivity index (χ1v) is 9.98. The van der Waals surface area contributed by atoms with E-state index >= 15 is 0 Å². The van der Waals surface area contributed by atoms with Gasteiger partial charge in [-0.15, -0.1) is 0 Å². The predicted molar refractivity (Wildman–Crippen MR) is 109 cm³/mol. The van der Waals surface area contributed by atoms with Gasteiger partial charge in [0, 0.05) is 24.2 Å². The van der Waals surface area contributed by atoms with Crippen LogP contribution in [0.15, 0.2) is 29.2 Å². The van der Waals surface area contributed by atoms with Crippen LogP contribution in [0.2, 0.25) is 5.02 Å². The number of carbonyl (C=O) groups is 2. The summed E-state index contributed by atoms with van der Waals surface area (Å²) in [6, 6.07) is -0.250. The van der Waals surface area contributed by atoms with Crippen LogP contribution in [0.4, 0.5) is 8.78 Å². The van der Waals surface area contributed by atoms with Crippen LogP contribution < -0.4 is 11.1 Å². The average Bonchev–Trinajstić information content (AvgIpc) is 2.72. The highest BCUT2D eigenvalue weighted by Gasteiger charge is 2.26. The second-order valence-corrected chi connectivity index (χ2v) is 7.21. The number of hydrogen-bond donors (Lipinski definition) is 2. The molecule has 1 amide bonds. The summed E-state index contributed by atoms with van der Waals surface area (Å²) in [7, 11) is 0. The molecule has 6 nitrogen and oxygen atoms in total. The fraction of sp³-hybridized carbons (Fsp3) is 0.500. The van der Waals surface area contributed by atoms with Crippen molar-refractivity contribution in [2.75, 3.05) is 6.54 Å². The maximum absolute atomic E-state index is 13.6. The van der Waals surface area contributed by atoms with Crippen molar-refractivity contribution in [3.05, 3.63) is 40.3 Å². The molecule has 0 spiro atoms. The van der Waals surface area contributed by atoms with Crippen LogP contribution in [0.1, 0.15) is 54.9 Å². The standard InChI is InChI=1S/C20H25ClF2N4O2/c1-2-12-9-25-10-15(21)17(12)16(28)11-26-20(29)14(8-24)18(19(22)23)27-13-6-4-3-5-7-13/h8-10,13,19H,2-7,11,24H2,1H3,(H,26,29). The van der Waals surface area contributed by atoms with E-state index in [1.807, 2.05) is 6.92 Å². The SMILES string of the molecule is CCc1cncc(Cl)c1C(=O)CNC(=O)C(=CN)C(=NC1CCCCC1)C(F)F. The molecule has 1 aliphatic carbocycles. The van der Waals surface area contributed by atoms with Gasteiger partial charge in [-0.25, -0.2) is 8.78 Å². The quantitative estimate of drug-likeness (QED) is 0.378. The maximum Gasteiger partial charge on any atom is 0.280 e. The molecule has 1 aliphatic rings. The molecule has 0 radical (unpaired) electrons. The van der Waals surface area contributed by atoms with E-state index < -0.39 is 35.9 Å². The highest BCUT2D eigenvalue weighted by atomic mass is 35.5. The zero-order chi connectivity index (χ0) is 21.4. The van der Waals surface area contributed by atoms with E-state index in [4.69, 9.17) is 17.3 Å². The molecule has 1 heterocycles. The van der Waals surface area contributed by atoms with Gasteiger partial charge in [-0.2, -0.15) is 0 Å². The summed E-state index contributed by atoms with van der Waals surface area (Å²) in [6.45, 7) is 1.43. The molecule has 0 atom stereocenters. The van der Waals surface area contributed by atoms with Crippen molar-refractivity contribution in [3.63, 3.8) is 0 Å². The summed E-state index contributed by atoms with van der Waals surface area (Å²) in [6.07, 6.45) is 5.54. The van der Waals surface area contributed by atoms with Gasteiger partial charge >= 0.3 is 0 Å². The average molecular weight is 427 g/mol. The zero-order valence-corrected chi connectivity index (χ0v) is 17.0. The summed E-state index contributed by atoms with van der Waals surface area (Å²) in [4.78, 5) is 33.0. The molecule has 1 saturated carbocycles. The van der Waals surface area contributed by atoms with E-state index in [2.05, 4.69) is 15.3 Å². The first-order valence-electron chi connectivity index (χ1n) is 9.60. The molecule has 1 fully saturated rings. The monoisotopic (exact) mass is 426 g/mol. The van der Waals surface area contributed by atoms with Crippen molar-refractivity contribution < 1.29 is 18.4 Å². The van der Waals surface area contributed by atoms with E-state index in [-0.39, 0.29) is 16.6 Å². The minimum Gasteiger partial charge on any atom is -0.404 e. The molecular formula is C20H25ClF2N4O2. The van der Waals surface area contributed by atoms with Gasteiger partial charge < -0.3 is 11.1 Å². The number of alkyl halides is 2. The first-order chi connectivity index (χ1) is 13.9. The molecule has 0 aromatic carbocycles. The topological polar surface area (TPSA) is 97.4 Å². The number of Topliss-reactive ketones (excluding diaryl/α,β-unsaturated/α-hetero) is 1. The fourth-order valence-electron chi connectivity index (χ4n) is 3.33. The number of aryl methyl sites for hydroxylation is 1. The minimum atomic E-state index is -2.95. The fourth-order valence-corrected chi connectivity index (χ4v) is 3.61. The van der Waals surface area contributed by atoms with Crippen LogP contribution in [-0.2, 0) is 11.2 Å². The van der Waals surface area contributed by atoms with Gasteiger partial charge in [-0.3, -0.25) is 19.6 Å². The van der Waals surface area contributed by atoms with Crippen molar-refractivity contribution in [2.24, 2.45) is 10.7 Å². The lowest BCUT2D eigenvalue weighted by molar-refractivity contribution is -0.116. The Morgan fingerprint density at radius 3 is 2.62 bits per heavy atom. The molecule has 1 aromatic rings. The van der Waals surface area contributed by atoms with E-state index in [1.54, 1.807) is 0 Å². The molecule has 0 unspecified atom stereocenters. The lowest BCUT2D eigenvalue weighted by Gasteiger charge is -2.20. The van der Waals surface area contributed by atoms with Crippen molar-refractivity contribution in [3.8, 4) is 0 Å². The number of aliphatic imine (C=N–C) groups is 1. The second kappa shape index (κ2) is 11.0. The van der Waals surface area contributed by atoms with Gasteiger partial charge in [-0.05, 0) is 24.8 Å². The molecule has 1 aromatic heterocycles. The van der Waals surface area contributed by atoms with E-state index in [1.165, 1.54) is 12.4 Å². The summed E-state index contributed by atoms with van der Waals surface area (Å²) < 4.78 is 27.1. The van der Waals surface area contributed by atoms with Crippen molar-refractivity contribution in [2.45, 2.75) is 57.9 Å². The van der Waals surface area contributed by atoms with Crippen LogP contribution in [0.25, 0.3) is 0 Å². The number of halogens is 3. The predicted octanol–water partition coefficient (Wildman–Crippen LogP) is 3.48. The largest absolute Gasteiger partial charge is 0.404 e. The molecule has 3 N–H and O–H groups in total. The van der Waals surface area contributed by atoms with Crippen molar-refractivity contribution in [1.82, 2.24) is 10.3 Å². The smallest absolute Gasteiger partial charge is 0.280 e. The van der Waals surface area contributed by atoms with Gasteiger partial charge in [0.15, 0.2) is 5.78 Å². The normalized spacial score (nSPS) is 16.2. The number of nitrogens with two attached hydrogens (primary N) is 1. The molecule has 9 heteroatoms. The number of hydrogen-bond acceptors (Lipinski definition) is 5. The Balaban J connectivity index is 2.13. The Bertz CT molecular complexity index is 806. The number of rotatable bonds is 8. The summed E-state index contributed by atoms with van der Waals surface area (Å²) in [5.41, 5.74) is 5.29. The summed E-state index contributed by atoms with van der Waals surface area (Å²) in [5, 5.41) is 2.52. The maximum atomic E-state index is 13.6. The van der Waals surface area contributed by atoms with Crippen LogP contribution in [0.5, 0.6) is 0 Å². The summed E-state index contributed by atoms with van der Waals surface area (Å²) in [5.74, 6) is -1.32. The third-order valence-electron chi connectivity index (χ3n) is 4.84. The zero-order valence-electron chi connectivity index (χ0n) is 16.3. The van der Waals surface area contributed by atoms with Gasteiger partial charge in [-0.1, -0.05) is 37.8 Å². The van der Waals surface area contributed by atoms with Crippen LogP contribution in [0.3, 0.4) is 0 Å². The number of carbonyl (C=O) groups excluding carboxylic acids is 2. The lowest BCUT2D eigenvalue weighted by atomic mass is 9.95. The molecule has 2 rings (SSSR count). The van der Waals surface area contributed by atoms with Crippen molar-refractivity contribution in [1.29, 1.82) is 0 Å². The highest BCUT2D eigenvalue weighted by Crippen LogP contribution is 2.23. The number of amides is 1. The molecular weight excluding hydrogens is 402 g/mol. The van der Waals surface area contributed by atoms with Gasteiger partial charge in [0.25, 0.3) is 12.3 Å². The van der Waals surface area contributed by atoms with E-state index in [0.717, 1.165) is 25.5 Å². The number of nitrogens with one attached hydrogen (secondary N) is 1. The number of pyridine rings is 1. The molecule has 0 saturated heterocycles. The Labute approximate surface area is 173 Å². The molecule has 158 valence electrons. The number of nitrogens with zero attached hydrogens (tertiary/aromatic N) is 2. The Morgan fingerprint density at radius 2 is 2.03 bits per heavy atom. The van der Waals surface area contributed by atoms with Gasteiger partial charge in [0.1, 0.15) is 5.71 Å². The third-order valence-corrected chi connectivity index (χ3v) is 5.12. The Hall–Kier alpha value is -2.35. The number of ketones is 1. The molecule has 0 aliphatic heterocycles. The van der Waals surface area contributed by atoms with Crippen molar-refractivity contribution >= 4 is 29.0 Å². The third kappa shape index (κ3) is 6.06. The first kappa shape index (κ1) is 22.9. The molecule has 29 heavy (non-hydrogen) atoms. The molecule has 0 bridgehead atoms. The Kier molecular flexibility index (Phi) is 8.70. The Morgan fingerprint density at radius 1 is 1.34 bits per heavy atom. The minimum absolute atomic E-state index is 0.172. The van der Waals surface area contributed by atoms with E-state index in [9.17, 15) is 18.4 Å². The van der Waals surface area contributed by atoms with Crippen LogP contribution in [0, 0.1) is 0 Å². The van der Waals surface area contributed by atoms with Crippen LogP contribution >= 0.6 is 11.6 Å². The second-order valence-electron chi connectivity index (χ2n) is 6.80.